The van der Waals surface area contributed by atoms with E-state index in [0.717, 1.165) is 22.3 Å². The number of aliphatic hydroxyl groups excluding tert-OH is 1. The molecule has 264 valence electrons. The zero-order valence-corrected chi connectivity index (χ0v) is 29.0. The van der Waals surface area contributed by atoms with Crippen molar-refractivity contribution < 1.29 is 33.8 Å². The second-order valence-electron chi connectivity index (χ2n) is 12.5. The predicted octanol–water partition coefficient (Wildman–Crippen LogP) is 4.04. The van der Waals surface area contributed by atoms with Crippen LogP contribution in [-0.4, -0.2) is 79.1 Å². The third-order valence-corrected chi connectivity index (χ3v) is 8.02. The molecule has 49 heavy (non-hydrogen) atoms. The standard InChI is InChI=1S/C37H49N5O7/c1-24(2)32(39-36(46)48-5)34(44)38-30(21-26-13-9-7-10-14-26)31(43)23-42(41-35(45)33(25(3)4)40-37(47)49-6)22-27-17-19-29(20-18-27)28-15-11-8-12-16-28/h7-20,24-25,30-33,43H,21-23H2,1-6H3,(H,38,44)(H,39,46)(H,40,47)(H,41,45)/t30-,31-,32-,33-/m0/s1. The van der Waals surface area contributed by atoms with Crippen molar-refractivity contribution in [3.05, 3.63) is 96.1 Å². The van der Waals surface area contributed by atoms with E-state index in [9.17, 15) is 24.3 Å². The summed E-state index contributed by atoms with van der Waals surface area (Å²) in [6.07, 6.45) is -2.42. The van der Waals surface area contributed by atoms with E-state index in [4.69, 9.17) is 9.47 Å². The Morgan fingerprint density at radius 1 is 0.653 bits per heavy atom. The average molecular weight is 676 g/mol. The molecule has 3 rings (SSSR count). The molecular weight excluding hydrogens is 626 g/mol. The Morgan fingerprint density at radius 3 is 1.65 bits per heavy atom. The average Bonchev–Trinajstić information content (AvgIpc) is 3.09. The second kappa shape index (κ2) is 19.2. The Balaban J connectivity index is 1.91. The van der Waals surface area contributed by atoms with Crippen molar-refractivity contribution in [3.8, 4) is 11.1 Å². The molecule has 12 heteroatoms. The molecule has 0 aliphatic rings. The molecule has 0 fully saturated rings. The Labute approximate surface area is 288 Å². The number of alkyl carbamates (subject to hydrolysis) is 2. The molecule has 4 atom stereocenters. The SMILES string of the molecule is COC(=O)N[C@H](C(=O)N[C@@H](Cc1ccccc1)[C@@H](O)CN(Cc1ccc(-c2ccccc2)cc1)NC(=O)[C@@H](NC(=O)OC)C(C)C)C(C)C. The minimum absolute atomic E-state index is 0.0935. The fraction of sp³-hybridized carbons (Fsp3) is 0.405. The highest BCUT2D eigenvalue weighted by atomic mass is 16.5. The highest BCUT2D eigenvalue weighted by molar-refractivity contribution is 5.86. The molecule has 0 spiro atoms. The summed E-state index contributed by atoms with van der Waals surface area (Å²) in [6, 6.07) is 24.5. The van der Waals surface area contributed by atoms with Gasteiger partial charge >= 0.3 is 12.2 Å². The van der Waals surface area contributed by atoms with Gasteiger partial charge in [0, 0.05) is 13.1 Å². The van der Waals surface area contributed by atoms with Gasteiger partial charge in [-0.2, -0.15) is 0 Å². The predicted molar refractivity (Wildman–Crippen MR) is 187 cm³/mol. The first-order valence-electron chi connectivity index (χ1n) is 16.3. The van der Waals surface area contributed by atoms with E-state index in [0.29, 0.717) is 0 Å². The van der Waals surface area contributed by atoms with E-state index >= 15 is 0 Å². The van der Waals surface area contributed by atoms with Crippen molar-refractivity contribution in [1.29, 1.82) is 0 Å². The summed E-state index contributed by atoms with van der Waals surface area (Å²) in [7, 11) is 2.44. The first kappa shape index (κ1) is 38.5. The van der Waals surface area contributed by atoms with Crippen LogP contribution in [-0.2, 0) is 32.0 Å². The van der Waals surface area contributed by atoms with Crippen LogP contribution in [0.25, 0.3) is 11.1 Å². The fourth-order valence-electron chi connectivity index (χ4n) is 5.25. The van der Waals surface area contributed by atoms with E-state index in [-0.39, 0.29) is 31.3 Å². The topological polar surface area (TPSA) is 158 Å². The number of hydrogen-bond acceptors (Lipinski definition) is 8. The molecule has 0 saturated heterocycles. The maximum Gasteiger partial charge on any atom is 0.407 e. The summed E-state index contributed by atoms with van der Waals surface area (Å²) in [6.45, 7) is 7.27. The van der Waals surface area contributed by atoms with Crippen LogP contribution in [0.4, 0.5) is 9.59 Å². The Hall–Kier alpha value is -4.94. The van der Waals surface area contributed by atoms with Crippen LogP contribution >= 0.6 is 0 Å². The summed E-state index contributed by atoms with van der Waals surface area (Å²) in [4.78, 5) is 51.1. The number of aliphatic hydroxyl groups is 1. The molecule has 5 N–H and O–H groups in total. The minimum Gasteiger partial charge on any atom is -0.453 e. The van der Waals surface area contributed by atoms with Crippen LogP contribution in [0.5, 0.6) is 0 Å². The van der Waals surface area contributed by atoms with E-state index < -0.39 is 48.2 Å². The number of methoxy groups -OCH3 is 2. The molecule has 3 aromatic carbocycles. The maximum absolute atomic E-state index is 13.6. The van der Waals surface area contributed by atoms with Gasteiger partial charge in [-0.15, -0.1) is 0 Å². The van der Waals surface area contributed by atoms with Gasteiger partial charge in [0.15, 0.2) is 0 Å². The van der Waals surface area contributed by atoms with Crippen molar-refractivity contribution in [2.45, 2.75) is 64.9 Å². The molecule has 12 nitrogen and oxygen atoms in total. The number of carbonyl (C=O) groups excluding carboxylic acids is 4. The third kappa shape index (κ3) is 12.2. The quantitative estimate of drug-likeness (QED) is 0.142. The van der Waals surface area contributed by atoms with Gasteiger partial charge in [-0.1, -0.05) is 113 Å². The summed E-state index contributed by atoms with van der Waals surface area (Å²) in [5.41, 5.74) is 6.67. The number of amides is 4. The first-order chi connectivity index (χ1) is 23.4. The fourth-order valence-corrected chi connectivity index (χ4v) is 5.25. The van der Waals surface area contributed by atoms with Crippen LogP contribution in [0.1, 0.15) is 38.8 Å². The van der Waals surface area contributed by atoms with Crippen molar-refractivity contribution in [2.24, 2.45) is 11.8 Å². The molecule has 0 aliphatic heterocycles. The summed E-state index contributed by atoms with van der Waals surface area (Å²) in [5, 5.41) is 21.4. The molecule has 0 saturated carbocycles. The van der Waals surface area contributed by atoms with Crippen LogP contribution in [0.15, 0.2) is 84.9 Å². The van der Waals surface area contributed by atoms with Gasteiger partial charge in [-0.3, -0.25) is 15.0 Å². The van der Waals surface area contributed by atoms with Gasteiger partial charge in [0.25, 0.3) is 5.91 Å². The number of benzene rings is 3. The molecule has 0 unspecified atom stereocenters. The lowest BCUT2D eigenvalue weighted by molar-refractivity contribution is -0.131. The summed E-state index contributed by atoms with van der Waals surface area (Å²) in [5.74, 6) is -1.55. The van der Waals surface area contributed by atoms with Gasteiger partial charge in [0.05, 0.1) is 26.4 Å². The molecule has 3 aromatic rings. The number of ether oxygens (including phenoxy) is 2. The zero-order valence-electron chi connectivity index (χ0n) is 29.0. The van der Waals surface area contributed by atoms with Crippen LogP contribution in [0, 0.1) is 11.8 Å². The van der Waals surface area contributed by atoms with Crippen LogP contribution < -0.4 is 21.4 Å². The first-order valence-corrected chi connectivity index (χ1v) is 16.3. The van der Waals surface area contributed by atoms with E-state index in [1.54, 1.807) is 32.7 Å². The van der Waals surface area contributed by atoms with Crippen molar-refractivity contribution in [2.75, 3.05) is 20.8 Å². The van der Waals surface area contributed by atoms with Gasteiger partial charge in [0.1, 0.15) is 12.1 Å². The maximum atomic E-state index is 13.6. The lowest BCUT2D eigenvalue weighted by Crippen LogP contribution is -2.59. The molecule has 0 bridgehead atoms. The van der Waals surface area contributed by atoms with E-state index in [2.05, 4.69) is 21.4 Å². The van der Waals surface area contributed by atoms with Crippen molar-refractivity contribution in [1.82, 2.24) is 26.4 Å². The van der Waals surface area contributed by atoms with E-state index in [1.165, 1.54) is 14.2 Å². The largest absolute Gasteiger partial charge is 0.453 e. The Morgan fingerprint density at radius 2 is 1.14 bits per heavy atom. The number of rotatable bonds is 16. The summed E-state index contributed by atoms with van der Waals surface area (Å²) < 4.78 is 9.44. The molecule has 0 radical (unpaired) electrons. The summed E-state index contributed by atoms with van der Waals surface area (Å²) >= 11 is 0. The van der Waals surface area contributed by atoms with Crippen LogP contribution in [0.3, 0.4) is 0 Å². The monoisotopic (exact) mass is 675 g/mol. The third-order valence-electron chi connectivity index (χ3n) is 8.02. The lowest BCUT2D eigenvalue weighted by Gasteiger charge is -2.33. The zero-order chi connectivity index (χ0) is 35.9. The number of hydrazine groups is 1. The number of nitrogens with zero attached hydrogens (tertiary/aromatic N) is 1. The van der Waals surface area contributed by atoms with E-state index in [1.807, 2.05) is 84.9 Å². The smallest absolute Gasteiger partial charge is 0.407 e. The highest BCUT2D eigenvalue weighted by Crippen LogP contribution is 2.20. The number of hydrogen-bond donors (Lipinski definition) is 5. The normalized spacial score (nSPS) is 13.6. The second-order valence-corrected chi connectivity index (χ2v) is 12.5. The number of nitrogens with one attached hydrogen (secondary N) is 4. The van der Waals surface area contributed by atoms with Crippen LogP contribution in [0.2, 0.25) is 0 Å². The molecule has 0 aromatic heterocycles. The highest BCUT2D eigenvalue weighted by Gasteiger charge is 2.32. The molecule has 0 aliphatic carbocycles. The Bertz CT molecular complexity index is 1490. The molecule has 0 heterocycles. The van der Waals surface area contributed by atoms with Crippen molar-refractivity contribution in [3.63, 3.8) is 0 Å². The van der Waals surface area contributed by atoms with Gasteiger partial charge in [-0.25, -0.2) is 14.6 Å². The van der Waals surface area contributed by atoms with Crippen molar-refractivity contribution >= 4 is 24.0 Å². The van der Waals surface area contributed by atoms with Gasteiger partial charge in [-0.05, 0) is 40.5 Å². The lowest BCUT2D eigenvalue weighted by atomic mass is 9.98. The minimum atomic E-state index is -1.19. The molecular formula is C37H49N5O7. The van der Waals surface area contributed by atoms with Gasteiger partial charge in [0.2, 0.25) is 5.91 Å². The molecule has 4 amide bonds. The van der Waals surface area contributed by atoms with Gasteiger partial charge < -0.3 is 30.5 Å². The number of carbonyl (C=O) groups is 4. The Kier molecular flexibility index (Phi) is 15.1.